The Morgan fingerprint density at radius 1 is 1.33 bits per heavy atom. The van der Waals surface area contributed by atoms with Crippen molar-refractivity contribution < 1.29 is 9.84 Å². The molecule has 98 valence electrons. The standard InChI is InChI=1S/C15H22O2Si/c1-6-14(17-7-2)15(16,18(3,4)5)13-11-9-8-10-12-13/h8-12,16H,1,7H2,2-5H3. The third-order valence-corrected chi connectivity index (χ3v) is 5.74. The Balaban J connectivity index is 3.42. The molecule has 0 fully saturated rings. The minimum Gasteiger partial charge on any atom is -0.487 e. The number of hydrogen-bond donors (Lipinski definition) is 1. The van der Waals surface area contributed by atoms with E-state index in [9.17, 15) is 5.11 Å². The van der Waals surface area contributed by atoms with Gasteiger partial charge >= 0.3 is 0 Å². The van der Waals surface area contributed by atoms with Crippen molar-refractivity contribution in [2.45, 2.75) is 31.8 Å². The van der Waals surface area contributed by atoms with E-state index in [2.05, 4.69) is 32.0 Å². The number of benzene rings is 1. The summed E-state index contributed by atoms with van der Waals surface area (Å²) in [7, 11) is -1.98. The smallest absolute Gasteiger partial charge is 0.170 e. The Morgan fingerprint density at radius 2 is 1.89 bits per heavy atom. The lowest BCUT2D eigenvalue weighted by molar-refractivity contribution is 0.0669. The summed E-state index contributed by atoms with van der Waals surface area (Å²) in [4.78, 5) is 0. The average molecular weight is 262 g/mol. The second-order valence-corrected chi connectivity index (χ2v) is 10.5. The number of aliphatic hydroxyl groups is 1. The summed E-state index contributed by atoms with van der Waals surface area (Å²) in [6.45, 7) is 12.4. The monoisotopic (exact) mass is 262 g/mol. The van der Waals surface area contributed by atoms with Gasteiger partial charge in [-0.05, 0) is 12.5 Å². The highest BCUT2D eigenvalue weighted by Gasteiger charge is 2.47. The number of ether oxygens (including phenoxy) is 1. The molecule has 18 heavy (non-hydrogen) atoms. The maximum Gasteiger partial charge on any atom is 0.170 e. The van der Waals surface area contributed by atoms with Crippen LogP contribution in [0, 0.1) is 0 Å². The summed E-state index contributed by atoms with van der Waals surface area (Å²) in [5.41, 5.74) is 3.63. The molecule has 1 atom stereocenters. The van der Waals surface area contributed by atoms with Crippen LogP contribution in [-0.2, 0) is 9.96 Å². The zero-order valence-corrected chi connectivity index (χ0v) is 12.7. The third-order valence-electron chi connectivity index (χ3n) is 3.05. The quantitative estimate of drug-likeness (QED) is 0.500. The van der Waals surface area contributed by atoms with Gasteiger partial charge in [0, 0.05) is 0 Å². The lowest BCUT2D eigenvalue weighted by atomic mass is 10.1. The van der Waals surface area contributed by atoms with E-state index in [0.717, 1.165) is 5.56 Å². The lowest BCUT2D eigenvalue weighted by Gasteiger charge is -2.39. The van der Waals surface area contributed by atoms with E-state index < -0.39 is 13.3 Å². The fourth-order valence-corrected chi connectivity index (χ4v) is 3.89. The van der Waals surface area contributed by atoms with Gasteiger partial charge in [-0.1, -0.05) is 62.3 Å². The zero-order chi connectivity index (χ0) is 13.8. The maximum atomic E-state index is 11.2. The summed E-state index contributed by atoms with van der Waals surface area (Å²) in [6.07, 6.45) is 0. The first-order valence-electron chi connectivity index (χ1n) is 6.19. The van der Waals surface area contributed by atoms with Crippen LogP contribution in [0.3, 0.4) is 0 Å². The Bertz CT molecular complexity index is 441. The van der Waals surface area contributed by atoms with Gasteiger partial charge in [0.05, 0.1) is 14.7 Å². The summed E-state index contributed by atoms with van der Waals surface area (Å²) in [5, 5.41) is 10.1. The minimum absolute atomic E-state index is 0.440. The largest absolute Gasteiger partial charge is 0.487 e. The molecule has 0 aromatic heterocycles. The molecule has 0 bridgehead atoms. The van der Waals surface area contributed by atoms with E-state index in [1.807, 2.05) is 37.3 Å². The van der Waals surface area contributed by atoms with Crippen molar-refractivity contribution in [2.24, 2.45) is 0 Å². The first kappa shape index (κ1) is 14.8. The molecule has 0 amide bonds. The fraction of sp³-hybridized carbons (Fsp3) is 0.400. The van der Waals surface area contributed by atoms with Crippen molar-refractivity contribution in [3.8, 4) is 0 Å². The molecule has 0 heterocycles. The van der Waals surface area contributed by atoms with Crippen LogP contribution in [0.5, 0.6) is 0 Å². The summed E-state index contributed by atoms with van der Waals surface area (Å²) in [6, 6.07) is 9.63. The first-order chi connectivity index (χ1) is 8.37. The molecular formula is C15H22O2Si. The van der Waals surface area contributed by atoms with Gasteiger partial charge in [-0.2, -0.15) is 0 Å². The van der Waals surface area contributed by atoms with Crippen LogP contribution in [0.1, 0.15) is 12.5 Å². The van der Waals surface area contributed by atoms with Crippen LogP contribution in [-0.4, -0.2) is 19.8 Å². The van der Waals surface area contributed by atoms with Crippen molar-refractivity contribution in [1.82, 2.24) is 0 Å². The average Bonchev–Trinajstić information content (AvgIpc) is 2.34. The van der Waals surface area contributed by atoms with Crippen molar-refractivity contribution in [1.29, 1.82) is 0 Å². The van der Waals surface area contributed by atoms with E-state index in [1.54, 1.807) is 0 Å². The van der Waals surface area contributed by atoms with Crippen LogP contribution < -0.4 is 0 Å². The normalized spacial score (nSPS) is 14.5. The summed E-state index contributed by atoms with van der Waals surface area (Å²) >= 11 is 0. The van der Waals surface area contributed by atoms with Gasteiger partial charge in [0.25, 0.3) is 0 Å². The molecule has 0 aliphatic carbocycles. The molecule has 1 aromatic carbocycles. The highest BCUT2D eigenvalue weighted by Crippen LogP contribution is 2.38. The predicted octanol–water partition coefficient (Wildman–Crippen LogP) is 3.46. The predicted molar refractivity (Wildman–Crippen MR) is 78.0 cm³/mol. The van der Waals surface area contributed by atoms with Crippen molar-refractivity contribution >= 4 is 8.07 Å². The minimum atomic E-state index is -1.98. The van der Waals surface area contributed by atoms with Gasteiger partial charge in [-0.3, -0.25) is 0 Å². The molecule has 0 radical (unpaired) electrons. The van der Waals surface area contributed by atoms with Gasteiger partial charge in [0.2, 0.25) is 0 Å². The van der Waals surface area contributed by atoms with E-state index in [4.69, 9.17) is 4.74 Å². The molecule has 1 unspecified atom stereocenters. The van der Waals surface area contributed by atoms with E-state index in [0.29, 0.717) is 12.4 Å². The van der Waals surface area contributed by atoms with Crippen LogP contribution in [0.2, 0.25) is 19.6 Å². The molecule has 0 aliphatic rings. The Morgan fingerprint density at radius 3 is 2.28 bits per heavy atom. The first-order valence-corrected chi connectivity index (χ1v) is 9.69. The Hall–Kier alpha value is -1.28. The van der Waals surface area contributed by atoms with E-state index >= 15 is 0 Å². The second-order valence-electron chi connectivity index (χ2n) is 5.27. The topological polar surface area (TPSA) is 29.5 Å². The SMILES string of the molecule is C=C=C(OCC)C(O)(c1ccccc1)[Si](C)(C)C. The molecule has 0 spiro atoms. The van der Waals surface area contributed by atoms with Gasteiger partial charge in [-0.15, -0.1) is 0 Å². The molecule has 0 saturated carbocycles. The van der Waals surface area contributed by atoms with Gasteiger partial charge < -0.3 is 9.84 Å². The summed E-state index contributed by atoms with van der Waals surface area (Å²) < 4.78 is 5.56. The van der Waals surface area contributed by atoms with Crippen molar-refractivity contribution in [3.63, 3.8) is 0 Å². The second kappa shape index (κ2) is 5.57. The van der Waals surface area contributed by atoms with Crippen LogP contribution in [0.4, 0.5) is 0 Å². The zero-order valence-electron chi connectivity index (χ0n) is 11.7. The molecule has 0 aliphatic heterocycles. The molecule has 1 N–H and O–H groups in total. The van der Waals surface area contributed by atoms with Gasteiger partial charge in [-0.25, -0.2) is 0 Å². The van der Waals surface area contributed by atoms with Crippen LogP contribution in [0.25, 0.3) is 0 Å². The lowest BCUT2D eigenvalue weighted by Crippen LogP contribution is -2.51. The Labute approximate surface area is 111 Å². The third kappa shape index (κ3) is 2.59. The molecule has 1 rings (SSSR count). The van der Waals surface area contributed by atoms with Crippen LogP contribution >= 0.6 is 0 Å². The van der Waals surface area contributed by atoms with Gasteiger partial charge in [0.1, 0.15) is 5.22 Å². The molecule has 3 heteroatoms. The van der Waals surface area contributed by atoms with E-state index in [1.165, 1.54) is 0 Å². The molecular weight excluding hydrogens is 240 g/mol. The van der Waals surface area contributed by atoms with Crippen molar-refractivity contribution in [3.05, 3.63) is 54.0 Å². The van der Waals surface area contributed by atoms with Crippen LogP contribution in [0.15, 0.2) is 48.4 Å². The van der Waals surface area contributed by atoms with Crippen molar-refractivity contribution in [2.75, 3.05) is 6.61 Å². The maximum absolute atomic E-state index is 11.2. The highest BCUT2D eigenvalue weighted by atomic mass is 28.3. The number of rotatable bonds is 5. The van der Waals surface area contributed by atoms with Gasteiger partial charge in [0.15, 0.2) is 5.76 Å². The number of hydrogen-bond acceptors (Lipinski definition) is 2. The molecule has 2 nitrogen and oxygen atoms in total. The highest BCUT2D eigenvalue weighted by molar-refractivity contribution is 6.79. The summed E-state index contributed by atoms with van der Waals surface area (Å²) in [5.74, 6) is 0.440. The Kier molecular flexibility index (Phi) is 4.57. The molecule has 0 saturated heterocycles. The fourth-order valence-electron chi connectivity index (χ4n) is 2.01. The molecule has 1 aromatic rings. The van der Waals surface area contributed by atoms with E-state index in [-0.39, 0.29) is 0 Å².